The van der Waals surface area contributed by atoms with Crippen LogP contribution in [0.3, 0.4) is 0 Å². The van der Waals surface area contributed by atoms with Crippen LogP contribution in [0.15, 0.2) is 54.6 Å². The van der Waals surface area contributed by atoms with Crippen molar-refractivity contribution in [3.05, 3.63) is 77.0 Å². The predicted molar refractivity (Wildman–Crippen MR) is 163 cm³/mol. The van der Waals surface area contributed by atoms with Crippen molar-refractivity contribution in [2.24, 2.45) is 11.7 Å². The van der Waals surface area contributed by atoms with E-state index in [9.17, 15) is 27.6 Å². The molecule has 0 aliphatic carbocycles. The lowest BCUT2D eigenvalue weighted by Gasteiger charge is -2.19. The summed E-state index contributed by atoms with van der Waals surface area (Å²) >= 11 is 0. The summed E-state index contributed by atoms with van der Waals surface area (Å²) in [6.45, 7) is 3.60. The van der Waals surface area contributed by atoms with Crippen LogP contribution in [0, 0.1) is 11.3 Å². The lowest BCUT2D eigenvalue weighted by molar-refractivity contribution is -0.131. The zero-order valence-electron chi connectivity index (χ0n) is 24.7. The third-order valence-corrected chi connectivity index (χ3v) is 6.66. The lowest BCUT2D eigenvalue weighted by atomic mass is 9.95. The molecule has 1 heterocycles. The van der Waals surface area contributed by atoms with Crippen molar-refractivity contribution in [1.29, 1.82) is 5.41 Å². The van der Waals surface area contributed by atoms with Gasteiger partial charge in [-0.1, -0.05) is 19.9 Å². The van der Waals surface area contributed by atoms with Crippen molar-refractivity contribution >= 4 is 45.3 Å². The third kappa shape index (κ3) is 9.07. The van der Waals surface area contributed by atoms with E-state index in [-0.39, 0.29) is 46.4 Å². The Labute approximate surface area is 258 Å². The standard InChI is InChI=1S/C29H32N6O9S/c1-15(2)13-22(27(37)35-40)33-26(36)17-7-10-19(21(14-17)29(39)44-45(4,41)42)20-11-12-23(43-3)34-24(20)28(38)32-18-8-5-16(6-9-18)25(30)31/h5-12,14-15,22,40H,13H2,1-4H3,(H3,30,31)(H,32,38)(H,33,36)(H,35,37). The minimum Gasteiger partial charge on any atom is -0.481 e. The molecule has 0 saturated carbocycles. The highest BCUT2D eigenvalue weighted by Gasteiger charge is 2.27. The molecular formula is C29H32N6O9S. The van der Waals surface area contributed by atoms with Gasteiger partial charge in [0.05, 0.1) is 18.9 Å². The van der Waals surface area contributed by atoms with Crippen molar-refractivity contribution in [3.63, 3.8) is 0 Å². The molecule has 238 valence electrons. The topological polar surface area (TPSA) is 240 Å². The van der Waals surface area contributed by atoms with E-state index in [1.54, 1.807) is 13.8 Å². The minimum absolute atomic E-state index is 0.0146. The van der Waals surface area contributed by atoms with Crippen molar-refractivity contribution in [1.82, 2.24) is 15.8 Å². The molecule has 15 nitrogen and oxygen atoms in total. The number of ether oxygens (including phenoxy) is 1. The second-order valence-electron chi connectivity index (χ2n) is 10.2. The second-order valence-corrected chi connectivity index (χ2v) is 11.7. The molecule has 1 atom stereocenters. The number of pyridine rings is 1. The van der Waals surface area contributed by atoms with E-state index in [0.717, 1.165) is 6.07 Å². The zero-order chi connectivity index (χ0) is 33.5. The minimum atomic E-state index is -4.31. The molecule has 3 rings (SSSR count). The van der Waals surface area contributed by atoms with E-state index in [1.165, 1.54) is 61.1 Å². The number of nitrogen functional groups attached to an aromatic ring is 1. The fourth-order valence-electron chi connectivity index (χ4n) is 4.16. The van der Waals surface area contributed by atoms with E-state index in [1.807, 2.05) is 0 Å². The largest absolute Gasteiger partial charge is 0.481 e. The first kappa shape index (κ1) is 34.1. The smallest absolute Gasteiger partial charge is 0.354 e. The summed E-state index contributed by atoms with van der Waals surface area (Å²) in [5.74, 6) is -3.93. The average molecular weight is 641 g/mol. The van der Waals surface area contributed by atoms with Gasteiger partial charge in [0, 0.05) is 28.4 Å². The number of nitrogens with zero attached hydrogens (tertiary/aromatic N) is 1. The van der Waals surface area contributed by atoms with Crippen LogP contribution >= 0.6 is 0 Å². The number of carbonyl (C=O) groups is 4. The Kier molecular flexibility index (Phi) is 10.9. The van der Waals surface area contributed by atoms with Crippen molar-refractivity contribution in [3.8, 4) is 17.0 Å². The molecule has 3 aromatic rings. The maximum absolute atomic E-state index is 13.5. The van der Waals surface area contributed by atoms with Crippen molar-refractivity contribution < 1.29 is 41.7 Å². The molecule has 3 amide bonds. The normalized spacial score (nSPS) is 11.7. The molecule has 1 aromatic heterocycles. The van der Waals surface area contributed by atoms with Crippen LogP contribution in [-0.2, 0) is 19.1 Å². The van der Waals surface area contributed by atoms with Gasteiger partial charge in [-0.05, 0) is 60.4 Å². The van der Waals surface area contributed by atoms with Gasteiger partial charge in [-0.15, -0.1) is 0 Å². The number of anilines is 1. The number of methoxy groups -OCH3 is 1. The molecule has 0 fully saturated rings. The van der Waals surface area contributed by atoms with Gasteiger partial charge in [-0.3, -0.25) is 25.0 Å². The molecule has 1 unspecified atom stereocenters. The summed E-state index contributed by atoms with van der Waals surface area (Å²) in [7, 11) is -2.98. The summed E-state index contributed by atoms with van der Waals surface area (Å²) in [6, 6.07) is 11.4. The van der Waals surface area contributed by atoms with E-state index in [0.29, 0.717) is 17.5 Å². The number of aromatic nitrogens is 1. The van der Waals surface area contributed by atoms with Crippen LogP contribution < -0.4 is 26.6 Å². The van der Waals surface area contributed by atoms with Crippen LogP contribution in [0.25, 0.3) is 11.1 Å². The van der Waals surface area contributed by atoms with Crippen molar-refractivity contribution in [2.45, 2.75) is 26.3 Å². The summed E-state index contributed by atoms with van der Waals surface area (Å²) < 4.78 is 33.5. The third-order valence-electron chi connectivity index (χ3n) is 6.21. The second kappa shape index (κ2) is 14.4. The first-order valence-electron chi connectivity index (χ1n) is 13.3. The van der Waals surface area contributed by atoms with Gasteiger partial charge in [0.2, 0.25) is 5.88 Å². The fourth-order valence-corrected chi connectivity index (χ4v) is 4.53. The van der Waals surface area contributed by atoms with Gasteiger partial charge in [0.25, 0.3) is 17.7 Å². The van der Waals surface area contributed by atoms with E-state index in [4.69, 9.17) is 21.1 Å². The lowest BCUT2D eigenvalue weighted by Crippen LogP contribution is -2.46. The first-order valence-corrected chi connectivity index (χ1v) is 15.1. The van der Waals surface area contributed by atoms with Gasteiger partial charge in [0.1, 0.15) is 17.6 Å². The van der Waals surface area contributed by atoms with Gasteiger partial charge >= 0.3 is 16.1 Å². The Balaban J connectivity index is 2.12. The number of carbonyl (C=O) groups excluding carboxylic acids is 4. The maximum atomic E-state index is 13.5. The zero-order valence-corrected chi connectivity index (χ0v) is 25.5. The van der Waals surface area contributed by atoms with Crippen molar-refractivity contribution in [2.75, 3.05) is 18.7 Å². The number of amides is 3. The molecule has 0 aliphatic rings. The summed E-state index contributed by atoms with van der Waals surface area (Å²) in [5.41, 5.74) is 6.98. The molecule has 0 radical (unpaired) electrons. The summed E-state index contributed by atoms with van der Waals surface area (Å²) in [4.78, 5) is 56.1. The average Bonchev–Trinajstić information content (AvgIpc) is 2.98. The first-order chi connectivity index (χ1) is 21.1. The Morgan fingerprint density at radius 1 is 0.978 bits per heavy atom. The van der Waals surface area contributed by atoms with Gasteiger partial charge in [0.15, 0.2) is 0 Å². The molecule has 45 heavy (non-hydrogen) atoms. The predicted octanol–water partition coefficient (Wildman–Crippen LogP) is 2.06. The molecule has 0 spiro atoms. The molecule has 2 aromatic carbocycles. The van der Waals surface area contributed by atoms with Gasteiger partial charge in [-0.25, -0.2) is 15.3 Å². The Bertz CT molecular complexity index is 1740. The number of hydroxylamine groups is 1. The SMILES string of the molecule is COc1ccc(-c2ccc(C(=O)NC(CC(C)C)C(=O)NO)cc2C(=O)OS(C)(=O)=O)c(C(=O)Nc2ccc(C(=N)N)cc2)n1. The van der Waals surface area contributed by atoms with E-state index >= 15 is 0 Å². The highest BCUT2D eigenvalue weighted by Crippen LogP contribution is 2.31. The Morgan fingerprint density at radius 2 is 1.60 bits per heavy atom. The van der Waals surface area contributed by atoms with Crippen LogP contribution in [0.1, 0.15) is 57.0 Å². The monoisotopic (exact) mass is 640 g/mol. The van der Waals surface area contributed by atoms with Gasteiger partial charge in [-0.2, -0.15) is 8.42 Å². The highest BCUT2D eigenvalue weighted by atomic mass is 32.2. The number of hydrogen-bond acceptors (Lipinski definition) is 11. The van der Waals surface area contributed by atoms with Crippen LogP contribution in [0.2, 0.25) is 0 Å². The van der Waals surface area contributed by atoms with Gasteiger partial charge < -0.3 is 25.3 Å². The highest BCUT2D eigenvalue weighted by molar-refractivity contribution is 7.86. The summed E-state index contributed by atoms with van der Waals surface area (Å²) in [6.07, 6.45) is 0.836. The maximum Gasteiger partial charge on any atom is 0.354 e. The molecule has 0 bridgehead atoms. The van der Waals surface area contributed by atoms with Crippen LogP contribution in [0.5, 0.6) is 5.88 Å². The number of nitrogens with one attached hydrogen (secondary N) is 4. The Hall–Kier alpha value is -5.35. The fraction of sp³-hybridized carbons (Fsp3) is 0.241. The molecule has 16 heteroatoms. The van der Waals surface area contributed by atoms with Crippen LogP contribution in [0.4, 0.5) is 5.69 Å². The van der Waals surface area contributed by atoms with E-state index < -0.39 is 45.4 Å². The number of amidine groups is 1. The molecular weight excluding hydrogens is 608 g/mol. The number of nitrogens with two attached hydrogens (primary N) is 1. The summed E-state index contributed by atoms with van der Waals surface area (Å²) in [5, 5.41) is 21.8. The van der Waals surface area contributed by atoms with E-state index in [2.05, 4.69) is 19.8 Å². The molecule has 7 N–H and O–H groups in total. The van der Waals surface area contributed by atoms with Crippen LogP contribution in [-0.4, -0.2) is 67.5 Å². The number of hydrogen-bond donors (Lipinski definition) is 6. The molecule has 0 saturated heterocycles. The number of rotatable bonds is 12. The number of benzene rings is 2. The molecule has 0 aliphatic heterocycles. The quantitative estimate of drug-likeness (QED) is 0.0550. The Morgan fingerprint density at radius 3 is 2.16 bits per heavy atom.